The van der Waals surface area contributed by atoms with Crippen LogP contribution in [-0.4, -0.2) is 23.4 Å². The Kier molecular flexibility index (Phi) is 4.97. The molecule has 0 heterocycles. The van der Waals surface area contributed by atoms with Gasteiger partial charge in [0, 0.05) is 19.1 Å². The van der Waals surface area contributed by atoms with Gasteiger partial charge in [-0.3, -0.25) is 4.79 Å². The van der Waals surface area contributed by atoms with Crippen LogP contribution in [0.4, 0.5) is 0 Å². The summed E-state index contributed by atoms with van der Waals surface area (Å²) < 4.78 is 0. The van der Waals surface area contributed by atoms with E-state index in [9.17, 15) is 4.79 Å². The van der Waals surface area contributed by atoms with Gasteiger partial charge in [-0.15, -0.1) is 0 Å². The van der Waals surface area contributed by atoms with Crippen LogP contribution < -0.4 is 5.73 Å². The highest BCUT2D eigenvalue weighted by atomic mass is 16.2. The summed E-state index contributed by atoms with van der Waals surface area (Å²) in [4.78, 5) is 14.6. The molecule has 1 aliphatic carbocycles. The zero-order valence-electron chi connectivity index (χ0n) is 11.7. The van der Waals surface area contributed by atoms with Gasteiger partial charge in [-0.2, -0.15) is 0 Å². The maximum Gasteiger partial charge on any atom is 0.227 e. The van der Waals surface area contributed by atoms with Gasteiger partial charge in [-0.25, -0.2) is 0 Å². The molecular formula is C16H24N2O. The molecule has 1 aromatic carbocycles. The zero-order valence-corrected chi connectivity index (χ0v) is 11.7. The predicted octanol–water partition coefficient (Wildman–Crippen LogP) is 2.55. The van der Waals surface area contributed by atoms with E-state index in [1.807, 2.05) is 23.1 Å². The van der Waals surface area contributed by atoms with E-state index in [0.29, 0.717) is 6.54 Å². The van der Waals surface area contributed by atoms with Crippen LogP contribution in [0, 0.1) is 5.92 Å². The van der Waals surface area contributed by atoms with Gasteiger partial charge in [-0.05, 0) is 24.8 Å². The second-order valence-electron chi connectivity index (χ2n) is 5.45. The summed E-state index contributed by atoms with van der Waals surface area (Å²) in [6.07, 6.45) is 4.01. The van der Waals surface area contributed by atoms with Gasteiger partial charge in [0.1, 0.15) is 0 Å². The Hall–Kier alpha value is -1.35. The van der Waals surface area contributed by atoms with Gasteiger partial charge in [0.05, 0.1) is 5.92 Å². The van der Waals surface area contributed by atoms with E-state index in [1.165, 1.54) is 5.56 Å². The molecule has 2 rings (SSSR count). The van der Waals surface area contributed by atoms with Crippen molar-refractivity contribution in [1.82, 2.24) is 4.90 Å². The van der Waals surface area contributed by atoms with E-state index >= 15 is 0 Å². The zero-order chi connectivity index (χ0) is 13.7. The highest BCUT2D eigenvalue weighted by Crippen LogP contribution is 2.26. The van der Waals surface area contributed by atoms with Gasteiger partial charge in [-0.1, -0.05) is 43.7 Å². The molecule has 0 aliphatic heterocycles. The summed E-state index contributed by atoms with van der Waals surface area (Å²) in [6, 6.07) is 10.2. The van der Waals surface area contributed by atoms with Crippen molar-refractivity contribution < 1.29 is 4.79 Å². The van der Waals surface area contributed by atoms with Crippen LogP contribution in [0.5, 0.6) is 0 Å². The molecule has 1 fully saturated rings. The molecule has 19 heavy (non-hydrogen) atoms. The molecule has 0 aromatic heterocycles. The second kappa shape index (κ2) is 6.71. The van der Waals surface area contributed by atoms with Crippen molar-refractivity contribution in [3.8, 4) is 0 Å². The summed E-state index contributed by atoms with van der Waals surface area (Å²) in [6.45, 7) is 3.63. The normalized spacial score (nSPS) is 22.4. The SMILES string of the molecule is CCCN(Cc1ccccc1)C(=O)C1CCCC1N. The summed E-state index contributed by atoms with van der Waals surface area (Å²) in [5.41, 5.74) is 7.25. The third-order valence-corrected chi connectivity index (χ3v) is 3.91. The minimum Gasteiger partial charge on any atom is -0.338 e. The molecule has 1 aliphatic rings. The van der Waals surface area contributed by atoms with E-state index in [-0.39, 0.29) is 17.9 Å². The van der Waals surface area contributed by atoms with Crippen LogP contribution in [0.3, 0.4) is 0 Å². The second-order valence-corrected chi connectivity index (χ2v) is 5.45. The van der Waals surface area contributed by atoms with Crippen LogP contribution >= 0.6 is 0 Å². The van der Waals surface area contributed by atoms with Crippen molar-refractivity contribution in [2.45, 2.75) is 45.2 Å². The van der Waals surface area contributed by atoms with Crippen molar-refractivity contribution in [3.63, 3.8) is 0 Å². The average molecular weight is 260 g/mol. The minimum atomic E-state index is 0.0373. The fourth-order valence-corrected chi connectivity index (χ4v) is 2.87. The predicted molar refractivity (Wildman–Crippen MR) is 77.5 cm³/mol. The first kappa shape index (κ1) is 14.1. The van der Waals surface area contributed by atoms with Gasteiger partial charge in [0.2, 0.25) is 5.91 Å². The van der Waals surface area contributed by atoms with Crippen LogP contribution in [0.25, 0.3) is 0 Å². The lowest BCUT2D eigenvalue weighted by atomic mass is 10.0. The van der Waals surface area contributed by atoms with Crippen molar-refractivity contribution in [2.75, 3.05) is 6.54 Å². The van der Waals surface area contributed by atoms with E-state index < -0.39 is 0 Å². The molecule has 2 N–H and O–H groups in total. The Bertz CT molecular complexity index is 404. The number of amides is 1. The molecule has 3 nitrogen and oxygen atoms in total. The topological polar surface area (TPSA) is 46.3 Å². The third kappa shape index (κ3) is 3.57. The number of carbonyl (C=O) groups is 1. The fourth-order valence-electron chi connectivity index (χ4n) is 2.87. The fraction of sp³-hybridized carbons (Fsp3) is 0.562. The highest BCUT2D eigenvalue weighted by Gasteiger charge is 2.32. The number of nitrogens with two attached hydrogens (primary N) is 1. The van der Waals surface area contributed by atoms with Gasteiger partial charge < -0.3 is 10.6 Å². The number of carbonyl (C=O) groups excluding carboxylic acids is 1. The molecule has 1 amide bonds. The Balaban J connectivity index is 2.04. The van der Waals surface area contributed by atoms with Crippen molar-refractivity contribution in [1.29, 1.82) is 0 Å². The van der Waals surface area contributed by atoms with Gasteiger partial charge in [0.15, 0.2) is 0 Å². The first-order chi connectivity index (χ1) is 9.22. The summed E-state index contributed by atoms with van der Waals surface area (Å²) in [5.74, 6) is 0.283. The van der Waals surface area contributed by atoms with E-state index in [1.54, 1.807) is 0 Å². The standard InChI is InChI=1S/C16H24N2O/c1-2-11-18(12-13-7-4-3-5-8-13)16(19)14-9-6-10-15(14)17/h3-5,7-8,14-15H,2,6,9-12,17H2,1H3. The first-order valence-electron chi connectivity index (χ1n) is 7.30. The molecule has 1 saturated carbocycles. The van der Waals surface area contributed by atoms with Crippen LogP contribution in [-0.2, 0) is 11.3 Å². The number of nitrogens with zero attached hydrogens (tertiary/aromatic N) is 1. The lowest BCUT2D eigenvalue weighted by Crippen LogP contribution is -2.41. The monoisotopic (exact) mass is 260 g/mol. The molecule has 0 bridgehead atoms. The average Bonchev–Trinajstić information content (AvgIpc) is 2.85. The van der Waals surface area contributed by atoms with Crippen molar-refractivity contribution >= 4 is 5.91 Å². The number of hydrogen-bond acceptors (Lipinski definition) is 2. The quantitative estimate of drug-likeness (QED) is 0.884. The molecular weight excluding hydrogens is 236 g/mol. The lowest BCUT2D eigenvalue weighted by molar-refractivity contribution is -0.136. The Labute approximate surface area is 115 Å². The molecule has 1 aromatic rings. The van der Waals surface area contributed by atoms with Gasteiger partial charge in [0.25, 0.3) is 0 Å². The molecule has 0 saturated heterocycles. The molecule has 0 radical (unpaired) electrons. The summed E-state index contributed by atoms with van der Waals surface area (Å²) in [7, 11) is 0. The Morgan fingerprint density at radius 3 is 2.63 bits per heavy atom. The Morgan fingerprint density at radius 1 is 1.32 bits per heavy atom. The maximum atomic E-state index is 12.6. The number of benzene rings is 1. The molecule has 3 heteroatoms. The third-order valence-electron chi connectivity index (χ3n) is 3.91. The Morgan fingerprint density at radius 2 is 2.05 bits per heavy atom. The molecule has 104 valence electrons. The number of hydrogen-bond donors (Lipinski definition) is 1. The highest BCUT2D eigenvalue weighted by molar-refractivity contribution is 5.80. The molecule has 2 atom stereocenters. The summed E-state index contributed by atoms with van der Waals surface area (Å²) in [5, 5.41) is 0. The largest absolute Gasteiger partial charge is 0.338 e. The lowest BCUT2D eigenvalue weighted by Gasteiger charge is -2.27. The first-order valence-corrected chi connectivity index (χ1v) is 7.30. The molecule has 2 unspecified atom stereocenters. The van der Waals surface area contributed by atoms with Crippen LogP contribution in [0.15, 0.2) is 30.3 Å². The van der Waals surface area contributed by atoms with E-state index in [0.717, 1.165) is 32.2 Å². The maximum absolute atomic E-state index is 12.6. The van der Waals surface area contributed by atoms with Crippen molar-refractivity contribution in [2.24, 2.45) is 11.7 Å². The molecule has 0 spiro atoms. The minimum absolute atomic E-state index is 0.0373. The van der Waals surface area contributed by atoms with Crippen molar-refractivity contribution in [3.05, 3.63) is 35.9 Å². The number of rotatable bonds is 5. The van der Waals surface area contributed by atoms with Crippen LogP contribution in [0.2, 0.25) is 0 Å². The summed E-state index contributed by atoms with van der Waals surface area (Å²) >= 11 is 0. The van der Waals surface area contributed by atoms with Gasteiger partial charge >= 0.3 is 0 Å². The van der Waals surface area contributed by atoms with Crippen LogP contribution in [0.1, 0.15) is 38.2 Å². The smallest absolute Gasteiger partial charge is 0.227 e. The van der Waals surface area contributed by atoms with E-state index in [2.05, 4.69) is 19.1 Å². The van der Waals surface area contributed by atoms with E-state index in [4.69, 9.17) is 5.73 Å².